The Balaban J connectivity index is 1.42. The Morgan fingerprint density at radius 3 is 2.00 bits per heavy atom. The summed E-state index contributed by atoms with van der Waals surface area (Å²) in [5.74, 6) is -0.710. The van der Waals surface area contributed by atoms with E-state index in [0.29, 0.717) is 0 Å². The van der Waals surface area contributed by atoms with Gasteiger partial charge in [-0.3, -0.25) is 0 Å². The fraction of sp³-hybridized carbons (Fsp3) is 0.179. The predicted octanol–water partition coefficient (Wildman–Crippen LogP) is 5.03. The van der Waals surface area contributed by atoms with Gasteiger partial charge in [0.25, 0.3) is 0 Å². The lowest BCUT2D eigenvalue weighted by atomic mass is 10.2. The molecule has 0 aliphatic heterocycles. The van der Waals surface area contributed by atoms with E-state index in [1.165, 1.54) is 7.05 Å². The number of rotatable bonds is 8. The number of para-hydroxylation sites is 1. The SMILES string of the molecule is CN(C(=O)OCc1ccccc1)N(Cc1c[nH]c2ccccc12)C(=O)OCC(=O)OCc1ccccc1. The molecule has 0 radical (unpaired) electrons. The van der Waals surface area contributed by atoms with Crippen LogP contribution in [0.4, 0.5) is 9.59 Å². The molecule has 1 N–H and O–H groups in total. The maximum atomic E-state index is 13.0. The molecule has 0 aliphatic carbocycles. The van der Waals surface area contributed by atoms with E-state index in [1.807, 2.05) is 84.9 Å². The highest BCUT2D eigenvalue weighted by molar-refractivity contribution is 5.84. The first-order valence-electron chi connectivity index (χ1n) is 11.6. The van der Waals surface area contributed by atoms with Crippen LogP contribution in [0.1, 0.15) is 16.7 Å². The van der Waals surface area contributed by atoms with Crippen LogP contribution in [0.3, 0.4) is 0 Å². The molecule has 1 heterocycles. The minimum Gasteiger partial charge on any atom is -0.458 e. The van der Waals surface area contributed by atoms with Crippen molar-refractivity contribution in [2.24, 2.45) is 0 Å². The van der Waals surface area contributed by atoms with E-state index in [-0.39, 0.29) is 19.8 Å². The summed E-state index contributed by atoms with van der Waals surface area (Å²) in [5.41, 5.74) is 3.24. The first kappa shape index (κ1) is 25.3. The molecule has 0 fully saturated rings. The van der Waals surface area contributed by atoms with E-state index in [0.717, 1.165) is 37.6 Å². The zero-order valence-corrected chi connectivity index (χ0v) is 20.3. The number of fused-ring (bicyclic) bond motifs is 1. The maximum Gasteiger partial charge on any atom is 0.429 e. The van der Waals surface area contributed by atoms with Gasteiger partial charge in [-0.05, 0) is 22.8 Å². The number of hydrogen-bond acceptors (Lipinski definition) is 6. The highest BCUT2D eigenvalue weighted by Gasteiger charge is 2.27. The van der Waals surface area contributed by atoms with Gasteiger partial charge in [-0.25, -0.2) is 24.4 Å². The number of carbonyl (C=O) groups is 3. The normalized spacial score (nSPS) is 10.5. The summed E-state index contributed by atoms with van der Waals surface area (Å²) >= 11 is 0. The molecule has 4 aromatic rings. The molecule has 0 aliphatic rings. The Morgan fingerprint density at radius 2 is 1.32 bits per heavy atom. The highest BCUT2D eigenvalue weighted by Crippen LogP contribution is 2.21. The molecule has 0 atom stereocenters. The standard InChI is InChI=1S/C28H27N3O6/c1-30(27(33)36-19-22-12-6-3-7-13-22)31(17-23-16-29-25-15-9-8-14-24(23)25)28(34)37-20-26(32)35-18-21-10-4-2-5-11-21/h2-16,29H,17-20H2,1H3. The van der Waals surface area contributed by atoms with Crippen LogP contribution in [0.15, 0.2) is 91.1 Å². The van der Waals surface area contributed by atoms with E-state index in [4.69, 9.17) is 14.2 Å². The summed E-state index contributed by atoms with van der Waals surface area (Å²) in [6, 6.07) is 25.9. The van der Waals surface area contributed by atoms with Gasteiger partial charge in [-0.1, -0.05) is 78.9 Å². The Bertz CT molecular complexity index is 1340. The minimum atomic E-state index is -0.902. The van der Waals surface area contributed by atoms with Crippen molar-refractivity contribution in [1.82, 2.24) is 15.0 Å². The molecular weight excluding hydrogens is 474 g/mol. The van der Waals surface area contributed by atoms with Crippen molar-refractivity contribution in [3.05, 3.63) is 108 Å². The number of ether oxygens (including phenoxy) is 3. The largest absolute Gasteiger partial charge is 0.458 e. The second kappa shape index (κ2) is 12.3. The molecule has 0 bridgehead atoms. The predicted molar refractivity (Wildman–Crippen MR) is 136 cm³/mol. The van der Waals surface area contributed by atoms with Crippen molar-refractivity contribution in [2.45, 2.75) is 19.8 Å². The molecule has 9 nitrogen and oxygen atoms in total. The number of H-pyrrole nitrogens is 1. The van der Waals surface area contributed by atoms with Gasteiger partial charge in [-0.2, -0.15) is 0 Å². The smallest absolute Gasteiger partial charge is 0.429 e. The molecule has 9 heteroatoms. The Kier molecular flexibility index (Phi) is 8.38. The third kappa shape index (κ3) is 6.88. The average molecular weight is 502 g/mol. The van der Waals surface area contributed by atoms with Crippen molar-refractivity contribution >= 4 is 29.1 Å². The number of nitrogens with one attached hydrogen (secondary N) is 1. The van der Waals surface area contributed by atoms with Crippen LogP contribution in [0.2, 0.25) is 0 Å². The number of aromatic amines is 1. The zero-order chi connectivity index (χ0) is 26.0. The maximum absolute atomic E-state index is 13.0. The van der Waals surface area contributed by atoms with Crippen LogP contribution in [-0.2, 0) is 38.8 Å². The van der Waals surface area contributed by atoms with Crippen molar-refractivity contribution < 1.29 is 28.6 Å². The number of hydrogen-bond donors (Lipinski definition) is 1. The fourth-order valence-corrected chi connectivity index (χ4v) is 3.60. The molecule has 2 amide bonds. The fourth-order valence-electron chi connectivity index (χ4n) is 3.60. The Labute approximate surface area is 214 Å². The number of benzene rings is 3. The van der Waals surface area contributed by atoms with Crippen molar-refractivity contribution in [2.75, 3.05) is 13.7 Å². The molecule has 1 aromatic heterocycles. The lowest BCUT2D eigenvalue weighted by Gasteiger charge is -2.30. The van der Waals surface area contributed by atoms with Crippen LogP contribution >= 0.6 is 0 Å². The van der Waals surface area contributed by atoms with Crippen molar-refractivity contribution in [1.29, 1.82) is 0 Å². The third-order valence-corrected chi connectivity index (χ3v) is 5.59. The topological polar surface area (TPSA) is 101 Å². The quantitative estimate of drug-likeness (QED) is 0.206. The van der Waals surface area contributed by atoms with Crippen molar-refractivity contribution in [3.8, 4) is 0 Å². The zero-order valence-electron chi connectivity index (χ0n) is 20.3. The number of nitrogens with zero attached hydrogens (tertiary/aromatic N) is 2. The van der Waals surface area contributed by atoms with Gasteiger partial charge in [0.15, 0.2) is 6.61 Å². The lowest BCUT2D eigenvalue weighted by molar-refractivity contribution is -0.149. The molecule has 4 rings (SSSR count). The van der Waals surface area contributed by atoms with Crippen LogP contribution in [0, 0.1) is 0 Å². The van der Waals surface area contributed by atoms with Crippen molar-refractivity contribution in [3.63, 3.8) is 0 Å². The summed E-state index contributed by atoms with van der Waals surface area (Å²) in [6.45, 7) is -0.518. The number of amides is 2. The molecule has 0 saturated heterocycles. The molecule has 37 heavy (non-hydrogen) atoms. The molecular formula is C28H27N3O6. The van der Waals surface area contributed by atoms with E-state index in [1.54, 1.807) is 6.20 Å². The van der Waals surface area contributed by atoms with Gasteiger partial charge in [0.1, 0.15) is 13.2 Å². The Morgan fingerprint density at radius 1 is 0.730 bits per heavy atom. The van der Waals surface area contributed by atoms with Gasteiger partial charge >= 0.3 is 18.2 Å². The molecule has 0 saturated carbocycles. The third-order valence-electron chi connectivity index (χ3n) is 5.59. The van der Waals surface area contributed by atoms with Gasteiger partial charge in [0, 0.05) is 24.1 Å². The first-order chi connectivity index (χ1) is 18.0. The summed E-state index contributed by atoms with van der Waals surface area (Å²) < 4.78 is 15.8. The number of aromatic nitrogens is 1. The van der Waals surface area contributed by atoms with E-state index in [2.05, 4.69) is 4.98 Å². The minimum absolute atomic E-state index is 0.00114. The summed E-state index contributed by atoms with van der Waals surface area (Å²) in [7, 11) is 1.40. The molecule has 190 valence electrons. The number of carbonyl (C=O) groups excluding carboxylic acids is 3. The van der Waals surface area contributed by atoms with Crippen LogP contribution in [-0.4, -0.2) is 46.8 Å². The van der Waals surface area contributed by atoms with Crippen LogP contribution < -0.4 is 0 Å². The van der Waals surface area contributed by atoms with E-state index in [9.17, 15) is 14.4 Å². The van der Waals surface area contributed by atoms with E-state index < -0.39 is 24.8 Å². The summed E-state index contributed by atoms with van der Waals surface area (Å²) in [6.07, 6.45) is 0.0933. The second-order valence-electron chi connectivity index (χ2n) is 8.18. The molecule has 0 unspecified atom stereocenters. The number of hydrazine groups is 1. The molecule has 0 spiro atoms. The highest BCUT2D eigenvalue weighted by atomic mass is 16.6. The lowest BCUT2D eigenvalue weighted by Crippen LogP contribution is -2.47. The monoisotopic (exact) mass is 501 g/mol. The average Bonchev–Trinajstić information content (AvgIpc) is 3.35. The van der Waals surface area contributed by atoms with Gasteiger partial charge in [0.2, 0.25) is 0 Å². The Hall–Kier alpha value is -4.79. The van der Waals surface area contributed by atoms with Crippen LogP contribution in [0.5, 0.6) is 0 Å². The van der Waals surface area contributed by atoms with Gasteiger partial charge in [-0.15, -0.1) is 0 Å². The molecule has 3 aromatic carbocycles. The van der Waals surface area contributed by atoms with E-state index >= 15 is 0 Å². The summed E-state index contributed by atoms with van der Waals surface area (Å²) in [4.78, 5) is 41.2. The first-order valence-corrected chi connectivity index (χ1v) is 11.6. The van der Waals surface area contributed by atoms with Crippen LogP contribution in [0.25, 0.3) is 10.9 Å². The van der Waals surface area contributed by atoms with Gasteiger partial charge in [0.05, 0.1) is 6.54 Å². The number of esters is 1. The second-order valence-corrected chi connectivity index (χ2v) is 8.18. The van der Waals surface area contributed by atoms with Gasteiger partial charge < -0.3 is 19.2 Å². The summed E-state index contributed by atoms with van der Waals surface area (Å²) in [5, 5.41) is 2.99.